The number of allylic oxidation sites excluding steroid dienone is 1. The highest BCUT2D eigenvalue weighted by Gasteiger charge is 2.66. The summed E-state index contributed by atoms with van der Waals surface area (Å²) in [5, 5.41) is 0. The van der Waals surface area contributed by atoms with E-state index in [0.717, 1.165) is 18.3 Å². The lowest BCUT2D eigenvalue weighted by atomic mass is 9.46. The summed E-state index contributed by atoms with van der Waals surface area (Å²) in [7, 11) is 3.72. The van der Waals surface area contributed by atoms with Crippen molar-refractivity contribution in [1.82, 2.24) is 0 Å². The Hall–Kier alpha value is -1.06. The lowest BCUT2D eigenvalue weighted by Crippen LogP contribution is -2.49. The Labute approximate surface area is 150 Å². The van der Waals surface area contributed by atoms with E-state index in [9.17, 15) is 0 Å². The van der Waals surface area contributed by atoms with Gasteiger partial charge in [0.25, 0.3) is 0 Å². The van der Waals surface area contributed by atoms with Crippen LogP contribution in [0.3, 0.4) is 0 Å². The fourth-order valence-electron chi connectivity index (χ4n) is 7.56. The summed E-state index contributed by atoms with van der Waals surface area (Å²) < 4.78 is 17.5. The van der Waals surface area contributed by atoms with E-state index in [1.54, 1.807) is 0 Å². The molecule has 0 N–H and O–H groups in total. The Bertz CT molecular complexity index is 706. The van der Waals surface area contributed by atoms with Crippen LogP contribution in [0.25, 0.3) is 6.08 Å². The minimum atomic E-state index is -0.0636. The third-order valence-corrected chi connectivity index (χ3v) is 8.52. The van der Waals surface area contributed by atoms with Crippen molar-refractivity contribution in [2.45, 2.75) is 57.0 Å². The second-order valence-corrected chi connectivity index (χ2v) is 9.30. The molecule has 3 fully saturated rings. The van der Waals surface area contributed by atoms with Crippen LogP contribution >= 0.6 is 0 Å². The molecule has 0 unspecified atom stereocenters. The zero-order chi connectivity index (χ0) is 17.3. The lowest BCUT2D eigenvalue weighted by molar-refractivity contribution is -0.0923. The summed E-state index contributed by atoms with van der Waals surface area (Å²) in [6, 6.07) is 2.21. The quantitative estimate of drug-likeness (QED) is 0.772. The van der Waals surface area contributed by atoms with Gasteiger partial charge < -0.3 is 13.9 Å². The summed E-state index contributed by atoms with van der Waals surface area (Å²) >= 11 is 0. The maximum Gasteiger partial charge on any atom is 0.129 e. The molecule has 2 bridgehead atoms. The molecule has 3 saturated carbocycles. The van der Waals surface area contributed by atoms with Crippen molar-refractivity contribution in [3.8, 4) is 0 Å². The first-order valence-corrected chi connectivity index (χ1v) is 9.88. The summed E-state index contributed by atoms with van der Waals surface area (Å²) in [6.07, 6.45) is 14.3. The van der Waals surface area contributed by atoms with Crippen LogP contribution in [0.15, 0.2) is 22.8 Å². The van der Waals surface area contributed by atoms with Crippen LogP contribution in [0.5, 0.6) is 0 Å². The molecule has 3 heteroatoms. The minimum Gasteiger partial charge on any atom is -0.465 e. The molecule has 3 nitrogen and oxygen atoms in total. The van der Waals surface area contributed by atoms with Gasteiger partial charge in [-0.1, -0.05) is 13.0 Å². The third kappa shape index (κ3) is 1.94. The zero-order valence-electron chi connectivity index (χ0n) is 15.7. The Morgan fingerprint density at radius 1 is 1.24 bits per heavy atom. The molecule has 1 spiro atoms. The van der Waals surface area contributed by atoms with Crippen molar-refractivity contribution in [3.05, 3.63) is 29.7 Å². The Kier molecular flexibility index (Phi) is 3.38. The highest BCUT2D eigenvalue weighted by Crippen LogP contribution is 2.71. The van der Waals surface area contributed by atoms with Crippen LogP contribution in [0, 0.1) is 22.7 Å². The number of rotatable bonds is 3. The molecule has 4 aliphatic rings. The van der Waals surface area contributed by atoms with E-state index >= 15 is 0 Å². The van der Waals surface area contributed by atoms with Gasteiger partial charge in [-0.25, -0.2) is 0 Å². The molecular weight excluding hydrogens is 312 g/mol. The van der Waals surface area contributed by atoms with Gasteiger partial charge in [0.1, 0.15) is 5.76 Å². The van der Waals surface area contributed by atoms with Gasteiger partial charge in [-0.3, -0.25) is 0 Å². The number of methoxy groups -OCH3 is 2. The Morgan fingerprint density at radius 2 is 2.12 bits per heavy atom. The molecule has 5 rings (SSSR count). The average molecular weight is 342 g/mol. The van der Waals surface area contributed by atoms with Gasteiger partial charge in [0.2, 0.25) is 0 Å². The Balaban J connectivity index is 1.55. The second kappa shape index (κ2) is 5.23. The summed E-state index contributed by atoms with van der Waals surface area (Å²) in [4.78, 5) is 0. The van der Waals surface area contributed by atoms with Crippen LogP contribution in [0.2, 0.25) is 0 Å². The first kappa shape index (κ1) is 16.1. The SMILES string of the molecule is COC[C@@]1(OC)C[C@@]23CC[C@@H]4c5ccoc5C=C[C@@]4(C)[C@@H]2CC[C@@H]1C3. The number of ether oxygens (including phenoxy) is 2. The molecule has 1 aromatic rings. The highest BCUT2D eigenvalue weighted by atomic mass is 16.5. The van der Waals surface area contributed by atoms with Crippen LogP contribution in [0.1, 0.15) is 62.7 Å². The van der Waals surface area contributed by atoms with E-state index in [1.165, 1.54) is 44.1 Å². The molecule has 136 valence electrons. The summed E-state index contributed by atoms with van der Waals surface area (Å²) in [5.74, 6) is 3.09. The van der Waals surface area contributed by atoms with E-state index in [-0.39, 0.29) is 11.0 Å². The number of fused-ring (bicyclic) bond motifs is 5. The zero-order valence-corrected chi connectivity index (χ0v) is 15.7. The molecule has 0 aliphatic heterocycles. The molecule has 25 heavy (non-hydrogen) atoms. The van der Waals surface area contributed by atoms with Gasteiger partial charge in [0, 0.05) is 19.8 Å². The summed E-state index contributed by atoms with van der Waals surface area (Å²) in [6.45, 7) is 3.25. The largest absolute Gasteiger partial charge is 0.465 e. The predicted molar refractivity (Wildman–Crippen MR) is 97.3 cm³/mol. The van der Waals surface area contributed by atoms with Crippen molar-refractivity contribution in [1.29, 1.82) is 0 Å². The standard InChI is InChI=1S/C22H30O3/c1-20-9-7-18-16(8-11-25-18)17(20)6-10-21-12-15(4-5-19(20)21)22(13-21,24-3)14-23-2/h7-9,11,15,17,19H,4-6,10,12-14H2,1-3H3/t15-,17-,19+,20-,21+,22+/m1/s1. The second-order valence-electron chi connectivity index (χ2n) is 9.30. The lowest BCUT2D eigenvalue weighted by Gasteiger charge is -2.58. The van der Waals surface area contributed by atoms with Gasteiger partial charge in [-0.2, -0.15) is 0 Å². The smallest absolute Gasteiger partial charge is 0.129 e. The first-order chi connectivity index (χ1) is 12.1. The average Bonchev–Trinajstić information content (AvgIpc) is 3.16. The monoisotopic (exact) mass is 342 g/mol. The fraction of sp³-hybridized carbons (Fsp3) is 0.727. The maximum atomic E-state index is 6.15. The van der Waals surface area contributed by atoms with Crippen molar-refractivity contribution < 1.29 is 13.9 Å². The van der Waals surface area contributed by atoms with Crippen LogP contribution in [-0.2, 0) is 9.47 Å². The molecule has 0 amide bonds. The normalized spacial score (nSPS) is 47.2. The van der Waals surface area contributed by atoms with Gasteiger partial charge in [-0.05, 0) is 79.3 Å². The molecule has 0 saturated heterocycles. The maximum absolute atomic E-state index is 6.15. The van der Waals surface area contributed by atoms with Crippen molar-refractivity contribution in [2.75, 3.05) is 20.8 Å². The number of hydrogen-bond acceptors (Lipinski definition) is 3. The molecule has 1 aromatic heterocycles. The molecule has 6 atom stereocenters. The number of hydrogen-bond donors (Lipinski definition) is 0. The van der Waals surface area contributed by atoms with Crippen LogP contribution in [-0.4, -0.2) is 26.4 Å². The number of furan rings is 1. The minimum absolute atomic E-state index is 0.0636. The molecule has 4 aliphatic carbocycles. The molecular formula is C22H30O3. The van der Waals surface area contributed by atoms with Gasteiger partial charge in [0.15, 0.2) is 0 Å². The van der Waals surface area contributed by atoms with Crippen LogP contribution < -0.4 is 0 Å². The first-order valence-electron chi connectivity index (χ1n) is 9.88. The van der Waals surface area contributed by atoms with E-state index in [4.69, 9.17) is 13.9 Å². The van der Waals surface area contributed by atoms with E-state index < -0.39 is 0 Å². The fourth-order valence-corrected chi connectivity index (χ4v) is 7.56. The van der Waals surface area contributed by atoms with Crippen molar-refractivity contribution in [3.63, 3.8) is 0 Å². The van der Waals surface area contributed by atoms with E-state index in [0.29, 0.717) is 17.3 Å². The Morgan fingerprint density at radius 3 is 2.92 bits per heavy atom. The summed E-state index contributed by atoms with van der Waals surface area (Å²) in [5.41, 5.74) is 2.05. The predicted octanol–water partition coefficient (Wildman–Crippen LogP) is 5.03. The van der Waals surface area contributed by atoms with E-state index in [2.05, 4.69) is 25.1 Å². The van der Waals surface area contributed by atoms with E-state index in [1.807, 2.05) is 20.5 Å². The van der Waals surface area contributed by atoms with Crippen molar-refractivity contribution >= 4 is 6.08 Å². The molecule has 1 heterocycles. The highest BCUT2D eigenvalue weighted by molar-refractivity contribution is 5.55. The van der Waals surface area contributed by atoms with Gasteiger partial charge in [-0.15, -0.1) is 0 Å². The van der Waals surface area contributed by atoms with Crippen LogP contribution in [0.4, 0.5) is 0 Å². The molecule has 0 aromatic carbocycles. The topological polar surface area (TPSA) is 31.6 Å². The van der Waals surface area contributed by atoms with Gasteiger partial charge in [0.05, 0.1) is 18.5 Å². The third-order valence-electron chi connectivity index (χ3n) is 8.52. The van der Waals surface area contributed by atoms with Gasteiger partial charge >= 0.3 is 0 Å². The van der Waals surface area contributed by atoms with Crippen molar-refractivity contribution in [2.24, 2.45) is 22.7 Å². The molecule has 0 radical (unpaired) electrons.